The van der Waals surface area contributed by atoms with Gasteiger partial charge in [0.15, 0.2) is 0 Å². The number of para-hydroxylation sites is 2. The summed E-state index contributed by atoms with van der Waals surface area (Å²) in [5.74, 6) is 1.16. The van der Waals surface area contributed by atoms with Gasteiger partial charge in [0.1, 0.15) is 0 Å². The van der Waals surface area contributed by atoms with Crippen molar-refractivity contribution in [2.75, 3.05) is 37.8 Å². The Kier molecular flexibility index (Phi) is 8.13. The van der Waals surface area contributed by atoms with E-state index < -0.39 is 0 Å². The standard InChI is InChI=1S/C33H40N4S/c1-37(21-10-20-34-32-24-12-2-6-16-28(24)35-29-17-7-3-13-25(29)32)22-11-23-38-33-26-14-4-8-18-30(26)36-31-19-9-5-15-27(31)33/h2,4,6,8,12,14,16,18H,3,5,7,9-11,13,15,17,19-23H2,1H3,(H,34,35). The van der Waals surface area contributed by atoms with Gasteiger partial charge in [0.05, 0.1) is 11.0 Å². The number of thioether (sulfide) groups is 1. The number of aryl methyl sites for hydroxylation is 2. The molecule has 0 spiro atoms. The molecule has 2 aliphatic carbocycles. The maximum Gasteiger partial charge on any atom is 0.0726 e. The van der Waals surface area contributed by atoms with Crippen molar-refractivity contribution in [3.05, 3.63) is 71.0 Å². The number of hydrogen-bond acceptors (Lipinski definition) is 5. The molecule has 0 radical (unpaired) electrons. The van der Waals surface area contributed by atoms with Gasteiger partial charge in [0.25, 0.3) is 0 Å². The molecule has 0 amide bonds. The number of nitrogens with one attached hydrogen (secondary N) is 1. The number of benzene rings is 2. The van der Waals surface area contributed by atoms with E-state index >= 15 is 0 Å². The summed E-state index contributed by atoms with van der Waals surface area (Å²) in [5.41, 5.74) is 9.31. The smallest absolute Gasteiger partial charge is 0.0726 e. The van der Waals surface area contributed by atoms with Gasteiger partial charge in [0.2, 0.25) is 0 Å². The van der Waals surface area contributed by atoms with Gasteiger partial charge < -0.3 is 10.2 Å². The van der Waals surface area contributed by atoms with Crippen molar-refractivity contribution >= 4 is 39.3 Å². The Morgan fingerprint density at radius 1 is 0.737 bits per heavy atom. The van der Waals surface area contributed by atoms with E-state index in [1.807, 2.05) is 0 Å². The van der Waals surface area contributed by atoms with Crippen LogP contribution in [0.4, 0.5) is 5.69 Å². The molecule has 0 fully saturated rings. The van der Waals surface area contributed by atoms with Crippen LogP contribution in [0.25, 0.3) is 21.8 Å². The summed E-state index contributed by atoms with van der Waals surface area (Å²) in [6.45, 7) is 3.27. The molecule has 0 aliphatic heterocycles. The second-order valence-electron chi connectivity index (χ2n) is 11.0. The molecule has 38 heavy (non-hydrogen) atoms. The molecule has 198 valence electrons. The SMILES string of the molecule is CN(CCCNc1c2c(nc3ccccc13)CCCC2)CCCSc1c2c(nc3ccccc13)CCCC2. The van der Waals surface area contributed by atoms with Gasteiger partial charge in [0, 0.05) is 39.3 Å². The highest BCUT2D eigenvalue weighted by Crippen LogP contribution is 2.36. The number of hydrogen-bond donors (Lipinski definition) is 1. The molecule has 2 aromatic carbocycles. The molecule has 2 aliphatic rings. The van der Waals surface area contributed by atoms with E-state index in [0.717, 1.165) is 56.6 Å². The predicted molar refractivity (Wildman–Crippen MR) is 163 cm³/mol. The van der Waals surface area contributed by atoms with Crippen LogP contribution in [0.1, 0.15) is 61.0 Å². The van der Waals surface area contributed by atoms with Gasteiger partial charge in [-0.1, -0.05) is 36.4 Å². The van der Waals surface area contributed by atoms with Gasteiger partial charge in [-0.25, -0.2) is 0 Å². The summed E-state index contributed by atoms with van der Waals surface area (Å²) < 4.78 is 0. The molecule has 0 atom stereocenters. The Balaban J connectivity index is 1.01. The average molecular weight is 525 g/mol. The van der Waals surface area contributed by atoms with Gasteiger partial charge in [-0.3, -0.25) is 9.97 Å². The van der Waals surface area contributed by atoms with Crippen molar-refractivity contribution in [3.8, 4) is 0 Å². The fourth-order valence-electron chi connectivity index (χ4n) is 6.25. The molecule has 2 aromatic heterocycles. The zero-order chi connectivity index (χ0) is 25.7. The highest BCUT2D eigenvalue weighted by molar-refractivity contribution is 7.99. The second-order valence-corrected chi connectivity index (χ2v) is 12.1. The fourth-order valence-corrected chi connectivity index (χ4v) is 7.45. The minimum Gasteiger partial charge on any atom is -0.384 e. The maximum absolute atomic E-state index is 5.01. The zero-order valence-electron chi connectivity index (χ0n) is 22.8. The number of aromatic nitrogens is 2. The lowest BCUT2D eigenvalue weighted by molar-refractivity contribution is 0.334. The van der Waals surface area contributed by atoms with E-state index in [9.17, 15) is 0 Å². The van der Waals surface area contributed by atoms with Crippen LogP contribution >= 0.6 is 11.8 Å². The summed E-state index contributed by atoms with van der Waals surface area (Å²) in [4.78, 5) is 14.0. The van der Waals surface area contributed by atoms with E-state index in [1.165, 1.54) is 87.9 Å². The van der Waals surface area contributed by atoms with Crippen molar-refractivity contribution < 1.29 is 0 Å². The lowest BCUT2D eigenvalue weighted by Crippen LogP contribution is -2.23. The number of anilines is 1. The molecule has 0 saturated carbocycles. The van der Waals surface area contributed by atoms with E-state index in [4.69, 9.17) is 9.97 Å². The number of fused-ring (bicyclic) bond motifs is 4. The highest BCUT2D eigenvalue weighted by Gasteiger charge is 2.19. The summed E-state index contributed by atoms with van der Waals surface area (Å²) in [5, 5.41) is 6.46. The van der Waals surface area contributed by atoms with Crippen LogP contribution in [-0.2, 0) is 25.7 Å². The largest absolute Gasteiger partial charge is 0.384 e. The summed E-state index contributed by atoms with van der Waals surface area (Å²) >= 11 is 2.06. The summed E-state index contributed by atoms with van der Waals surface area (Å²) in [6, 6.07) is 17.4. The molecule has 0 unspecified atom stereocenters. The van der Waals surface area contributed by atoms with Crippen LogP contribution in [0.3, 0.4) is 0 Å². The Hall–Kier alpha value is -2.63. The van der Waals surface area contributed by atoms with Crippen molar-refractivity contribution in [1.29, 1.82) is 0 Å². The van der Waals surface area contributed by atoms with Crippen LogP contribution < -0.4 is 5.32 Å². The van der Waals surface area contributed by atoms with Crippen molar-refractivity contribution in [2.45, 2.75) is 69.1 Å². The van der Waals surface area contributed by atoms with Gasteiger partial charge in [-0.05, 0) is 113 Å². The molecule has 6 rings (SSSR count). The van der Waals surface area contributed by atoms with E-state index in [0.29, 0.717) is 0 Å². The molecule has 2 heterocycles. The zero-order valence-corrected chi connectivity index (χ0v) is 23.6. The normalized spacial score (nSPS) is 15.1. The molecule has 4 aromatic rings. The number of rotatable bonds is 10. The van der Waals surface area contributed by atoms with Gasteiger partial charge in [-0.15, -0.1) is 11.8 Å². The minimum absolute atomic E-state index is 1.01. The molecule has 4 nitrogen and oxygen atoms in total. The first-order chi connectivity index (χ1) is 18.8. The third kappa shape index (κ3) is 5.55. The first-order valence-corrected chi connectivity index (χ1v) is 15.6. The van der Waals surface area contributed by atoms with Crippen molar-refractivity contribution in [1.82, 2.24) is 14.9 Å². The first kappa shape index (κ1) is 25.6. The van der Waals surface area contributed by atoms with Crippen molar-refractivity contribution in [2.24, 2.45) is 0 Å². The lowest BCUT2D eigenvalue weighted by atomic mass is 9.92. The van der Waals surface area contributed by atoms with Crippen LogP contribution in [0.15, 0.2) is 53.4 Å². The highest BCUT2D eigenvalue weighted by atomic mass is 32.2. The predicted octanol–water partition coefficient (Wildman–Crippen LogP) is 7.46. The van der Waals surface area contributed by atoms with Crippen molar-refractivity contribution in [3.63, 3.8) is 0 Å². The van der Waals surface area contributed by atoms with Gasteiger partial charge in [-0.2, -0.15) is 0 Å². The molecular weight excluding hydrogens is 484 g/mol. The second kappa shape index (κ2) is 12.0. The van der Waals surface area contributed by atoms with Crippen LogP contribution in [0.5, 0.6) is 0 Å². The monoisotopic (exact) mass is 524 g/mol. The van der Waals surface area contributed by atoms with E-state index in [2.05, 4.69) is 77.6 Å². The third-order valence-electron chi connectivity index (χ3n) is 8.24. The number of nitrogens with zero attached hydrogens (tertiary/aromatic N) is 3. The Morgan fingerprint density at radius 2 is 1.34 bits per heavy atom. The minimum atomic E-state index is 1.01. The van der Waals surface area contributed by atoms with Crippen LogP contribution in [0.2, 0.25) is 0 Å². The Labute approximate surface area is 231 Å². The molecule has 0 saturated heterocycles. The third-order valence-corrected chi connectivity index (χ3v) is 9.48. The molecule has 1 N–H and O–H groups in total. The Bertz CT molecular complexity index is 1310. The van der Waals surface area contributed by atoms with Crippen LogP contribution in [0, 0.1) is 0 Å². The van der Waals surface area contributed by atoms with E-state index in [1.54, 1.807) is 0 Å². The number of pyridine rings is 2. The molecular formula is C33H40N4S. The lowest BCUT2D eigenvalue weighted by Gasteiger charge is -2.22. The topological polar surface area (TPSA) is 41.0 Å². The molecule has 5 heteroatoms. The average Bonchev–Trinajstić information content (AvgIpc) is 2.96. The van der Waals surface area contributed by atoms with Crippen LogP contribution in [-0.4, -0.2) is 47.3 Å². The first-order valence-electron chi connectivity index (χ1n) is 14.6. The maximum atomic E-state index is 5.01. The van der Waals surface area contributed by atoms with Gasteiger partial charge >= 0.3 is 0 Å². The Morgan fingerprint density at radius 3 is 2.13 bits per heavy atom. The fraction of sp³-hybridized carbons (Fsp3) is 0.455. The summed E-state index contributed by atoms with van der Waals surface area (Å²) in [6.07, 6.45) is 12.1. The summed E-state index contributed by atoms with van der Waals surface area (Å²) in [7, 11) is 2.28. The van der Waals surface area contributed by atoms with E-state index in [-0.39, 0.29) is 0 Å². The quantitative estimate of drug-likeness (QED) is 0.172. The molecule has 0 bridgehead atoms.